The SMILES string of the molecule is Br.CCCc1cc(-c2nc(-c3ccc(OC(=O)c4ccc(C)cc4)cc3)cs2)ccn1. The predicted octanol–water partition coefficient (Wildman–Crippen LogP) is 6.93. The monoisotopic (exact) mass is 494 g/mol. The van der Waals surface area contributed by atoms with Gasteiger partial charge < -0.3 is 4.74 Å². The summed E-state index contributed by atoms with van der Waals surface area (Å²) in [6.45, 7) is 4.13. The van der Waals surface area contributed by atoms with Gasteiger partial charge in [0, 0.05) is 28.4 Å². The van der Waals surface area contributed by atoms with Crippen LogP contribution in [0.15, 0.2) is 72.2 Å². The zero-order valence-corrected chi connectivity index (χ0v) is 19.9. The van der Waals surface area contributed by atoms with Crippen LogP contribution >= 0.6 is 28.3 Å². The first kappa shape index (κ1) is 22.8. The summed E-state index contributed by atoms with van der Waals surface area (Å²) >= 11 is 1.61. The second-order valence-corrected chi connectivity index (χ2v) is 7.96. The molecule has 0 atom stereocenters. The lowest BCUT2D eigenvalue weighted by Crippen LogP contribution is -2.08. The molecule has 0 bridgehead atoms. The Labute approximate surface area is 196 Å². The zero-order chi connectivity index (χ0) is 20.9. The van der Waals surface area contributed by atoms with E-state index in [0.29, 0.717) is 11.3 Å². The summed E-state index contributed by atoms with van der Waals surface area (Å²) in [5, 5.41) is 3.02. The molecule has 0 aliphatic heterocycles. The number of carbonyl (C=O) groups excluding carboxylic acids is 1. The third kappa shape index (κ3) is 5.66. The first-order valence-corrected chi connectivity index (χ1v) is 10.8. The van der Waals surface area contributed by atoms with Gasteiger partial charge in [0.2, 0.25) is 0 Å². The average molecular weight is 495 g/mol. The molecule has 0 spiro atoms. The Hall–Kier alpha value is -2.83. The van der Waals surface area contributed by atoms with E-state index >= 15 is 0 Å². The molecule has 0 aliphatic carbocycles. The van der Waals surface area contributed by atoms with Crippen LogP contribution in [-0.2, 0) is 6.42 Å². The van der Waals surface area contributed by atoms with Gasteiger partial charge >= 0.3 is 5.97 Å². The minimum absolute atomic E-state index is 0. The van der Waals surface area contributed by atoms with Gasteiger partial charge in [0.25, 0.3) is 0 Å². The van der Waals surface area contributed by atoms with E-state index in [1.54, 1.807) is 35.6 Å². The van der Waals surface area contributed by atoms with Gasteiger partial charge in [-0.05, 0) is 61.9 Å². The standard InChI is InChI=1S/C25H22N2O2S.BrH/c1-3-4-21-15-20(13-14-26-21)24-27-23(16-30-24)18-9-11-22(12-10-18)29-25(28)19-7-5-17(2)6-8-19;/h5-16H,3-4H2,1-2H3;1H. The Kier molecular flexibility index (Phi) is 7.71. The average Bonchev–Trinajstić information content (AvgIpc) is 3.25. The van der Waals surface area contributed by atoms with Gasteiger partial charge in [0.15, 0.2) is 0 Å². The summed E-state index contributed by atoms with van der Waals surface area (Å²) in [4.78, 5) is 21.5. The summed E-state index contributed by atoms with van der Waals surface area (Å²) in [5.41, 5.74) is 5.70. The summed E-state index contributed by atoms with van der Waals surface area (Å²) in [5.74, 6) is 0.150. The van der Waals surface area contributed by atoms with Crippen molar-refractivity contribution < 1.29 is 9.53 Å². The van der Waals surface area contributed by atoms with Gasteiger partial charge in [-0.3, -0.25) is 4.98 Å². The van der Waals surface area contributed by atoms with Crippen LogP contribution in [0, 0.1) is 6.92 Å². The van der Waals surface area contributed by atoms with Crippen molar-refractivity contribution >= 4 is 34.3 Å². The van der Waals surface area contributed by atoms with Crippen LogP contribution in [0.1, 0.15) is 35.0 Å². The fourth-order valence-corrected chi connectivity index (χ4v) is 3.92. The molecule has 2 aromatic carbocycles. The fraction of sp³-hybridized carbons (Fsp3) is 0.160. The molecular formula is C25H23BrN2O2S. The van der Waals surface area contributed by atoms with E-state index in [0.717, 1.165) is 45.9 Å². The lowest BCUT2D eigenvalue weighted by Gasteiger charge is -2.05. The van der Waals surface area contributed by atoms with Crippen molar-refractivity contribution in [2.24, 2.45) is 0 Å². The van der Waals surface area contributed by atoms with E-state index in [9.17, 15) is 4.79 Å². The number of esters is 1. The van der Waals surface area contributed by atoms with Gasteiger partial charge in [-0.1, -0.05) is 31.0 Å². The van der Waals surface area contributed by atoms with Gasteiger partial charge in [-0.15, -0.1) is 28.3 Å². The largest absolute Gasteiger partial charge is 0.423 e. The number of hydrogen-bond donors (Lipinski definition) is 0. The minimum Gasteiger partial charge on any atom is -0.423 e. The number of nitrogens with zero attached hydrogens (tertiary/aromatic N) is 2. The van der Waals surface area contributed by atoms with Crippen molar-refractivity contribution in [2.75, 3.05) is 0 Å². The Morgan fingerprint density at radius 2 is 1.74 bits per heavy atom. The van der Waals surface area contributed by atoms with Crippen LogP contribution in [0.25, 0.3) is 21.8 Å². The lowest BCUT2D eigenvalue weighted by atomic mass is 10.1. The van der Waals surface area contributed by atoms with E-state index in [4.69, 9.17) is 9.72 Å². The van der Waals surface area contributed by atoms with Crippen LogP contribution in [0.5, 0.6) is 5.75 Å². The molecule has 0 unspecified atom stereocenters. The Balaban J connectivity index is 0.00000272. The minimum atomic E-state index is -0.362. The Morgan fingerprint density at radius 3 is 2.45 bits per heavy atom. The van der Waals surface area contributed by atoms with Crippen LogP contribution in [0.2, 0.25) is 0 Å². The molecule has 2 heterocycles. The highest BCUT2D eigenvalue weighted by Crippen LogP contribution is 2.30. The number of benzene rings is 2. The van der Waals surface area contributed by atoms with Crippen molar-refractivity contribution in [3.63, 3.8) is 0 Å². The number of aromatic nitrogens is 2. The second kappa shape index (κ2) is 10.5. The molecule has 0 fully saturated rings. The van der Waals surface area contributed by atoms with Crippen LogP contribution in [-0.4, -0.2) is 15.9 Å². The number of aryl methyl sites for hydroxylation is 2. The molecule has 0 N–H and O–H groups in total. The molecule has 31 heavy (non-hydrogen) atoms. The quantitative estimate of drug-likeness (QED) is 0.215. The highest BCUT2D eigenvalue weighted by atomic mass is 79.9. The molecule has 4 rings (SSSR count). The number of hydrogen-bond acceptors (Lipinski definition) is 5. The second-order valence-electron chi connectivity index (χ2n) is 7.10. The highest BCUT2D eigenvalue weighted by Gasteiger charge is 2.10. The zero-order valence-electron chi connectivity index (χ0n) is 17.4. The third-order valence-electron chi connectivity index (χ3n) is 4.72. The number of carbonyl (C=O) groups is 1. The van der Waals surface area contributed by atoms with E-state index in [1.807, 2.05) is 48.8 Å². The summed E-state index contributed by atoms with van der Waals surface area (Å²) in [7, 11) is 0. The number of thiazole rings is 1. The molecule has 4 aromatic rings. The topological polar surface area (TPSA) is 52.1 Å². The molecule has 0 saturated heterocycles. The predicted molar refractivity (Wildman–Crippen MR) is 131 cm³/mol. The first-order chi connectivity index (χ1) is 14.6. The number of pyridine rings is 1. The first-order valence-electron chi connectivity index (χ1n) is 9.92. The number of rotatable bonds is 6. The smallest absolute Gasteiger partial charge is 0.343 e. The molecule has 6 heteroatoms. The summed E-state index contributed by atoms with van der Waals surface area (Å²) < 4.78 is 5.48. The molecule has 0 saturated carbocycles. The molecule has 0 aliphatic rings. The van der Waals surface area contributed by atoms with E-state index < -0.39 is 0 Å². The van der Waals surface area contributed by atoms with Crippen molar-refractivity contribution in [1.82, 2.24) is 9.97 Å². The van der Waals surface area contributed by atoms with Crippen LogP contribution < -0.4 is 4.74 Å². The van der Waals surface area contributed by atoms with Crippen molar-refractivity contribution in [3.8, 4) is 27.6 Å². The normalized spacial score (nSPS) is 10.4. The molecule has 158 valence electrons. The Morgan fingerprint density at radius 1 is 1.00 bits per heavy atom. The van der Waals surface area contributed by atoms with Crippen LogP contribution in [0.4, 0.5) is 0 Å². The summed E-state index contributed by atoms with van der Waals surface area (Å²) in [6, 6.07) is 18.9. The van der Waals surface area contributed by atoms with Gasteiger partial charge in [-0.2, -0.15) is 0 Å². The fourth-order valence-electron chi connectivity index (χ4n) is 3.09. The van der Waals surface area contributed by atoms with Crippen molar-refractivity contribution in [2.45, 2.75) is 26.7 Å². The van der Waals surface area contributed by atoms with E-state index in [-0.39, 0.29) is 23.0 Å². The maximum absolute atomic E-state index is 12.3. The molecule has 0 radical (unpaired) electrons. The number of ether oxygens (including phenoxy) is 1. The van der Waals surface area contributed by atoms with Crippen LogP contribution in [0.3, 0.4) is 0 Å². The van der Waals surface area contributed by atoms with Gasteiger partial charge in [-0.25, -0.2) is 9.78 Å². The molecular weight excluding hydrogens is 472 g/mol. The number of halogens is 1. The Bertz CT molecular complexity index is 1150. The van der Waals surface area contributed by atoms with Gasteiger partial charge in [0.1, 0.15) is 10.8 Å². The van der Waals surface area contributed by atoms with Crippen molar-refractivity contribution in [3.05, 3.63) is 89.1 Å². The lowest BCUT2D eigenvalue weighted by molar-refractivity contribution is 0.0735. The maximum Gasteiger partial charge on any atom is 0.343 e. The molecule has 4 nitrogen and oxygen atoms in total. The van der Waals surface area contributed by atoms with Gasteiger partial charge in [0.05, 0.1) is 11.3 Å². The van der Waals surface area contributed by atoms with Crippen molar-refractivity contribution in [1.29, 1.82) is 0 Å². The maximum atomic E-state index is 12.3. The van der Waals surface area contributed by atoms with E-state index in [2.05, 4.69) is 18.0 Å². The molecule has 0 amide bonds. The summed E-state index contributed by atoms with van der Waals surface area (Å²) in [6.07, 6.45) is 3.88. The third-order valence-corrected chi connectivity index (χ3v) is 5.61. The molecule has 2 aromatic heterocycles. The van der Waals surface area contributed by atoms with E-state index in [1.165, 1.54) is 0 Å². The highest BCUT2D eigenvalue weighted by molar-refractivity contribution is 8.93.